The number of hydrogen-bond donors (Lipinski definition) is 0. The zero-order valence-electron chi connectivity index (χ0n) is 13.8. The molecule has 0 radical (unpaired) electrons. The summed E-state index contributed by atoms with van der Waals surface area (Å²) in [5.41, 5.74) is 1.32. The van der Waals surface area contributed by atoms with Gasteiger partial charge in [-0.2, -0.15) is 13.2 Å². The van der Waals surface area contributed by atoms with Crippen molar-refractivity contribution in [1.29, 1.82) is 0 Å². The van der Waals surface area contributed by atoms with Gasteiger partial charge in [0.05, 0.1) is 5.69 Å². The van der Waals surface area contributed by atoms with Crippen LogP contribution in [0.15, 0.2) is 30.5 Å². The lowest BCUT2D eigenvalue weighted by Crippen LogP contribution is -2.08. The van der Waals surface area contributed by atoms with Crippen molar-refractivity contribution in [2.45, 2.75) is 26.9 Å². The molecule has 7 heteroatoms. The fourth-order valence-corrected chi connectivity index (χ4v) is 3.32. The van der Waals surface area contributed by atoms with Crippen molar-refractivity contribution in [3.63, 3.8) is 0 Å². The second-order valence-electron chi connectivity index (χ2n) is 5.83. The molecule has 0 aliphatic heterocycles. The first-order chi connectivity index (χ1) is 11.7. The third-order valence-corrected chi connectivity index (χ3v) is 4.83. The number of carbonyl (C=O) groups excluding carboxylic acids is 1. The van der Waals surface area contributed by atoms with Crippen LogP contribution < -0.4 is 0 Å². The molecule has 0 unspecified atom stereocenters. The number of benzene rings is 1. The van der Waals surface area contributed by atoms with E-state index in [-0.39, 0.29) is 16.4 Å². The Morgan fingerprint density at radius 1 is 1.20 bits per heavy atom. The number of fused-ring (bicyclic) bond motifs is 1. The van der Waals surface area contributed by atoms with Crippen LogP contribution in [0, 0.1) is 20.8 Å². The topological polar surface area (TPSA) is 34.4 Å². The molecule has 0 bridgehead atoms. The summed E-state index contributed by atoms with van der Waals surface area (Å²) in [7, 11) is 0. The van der Waals surface area contributed by atoms with E-state index in [4.69, 9.17) is 0 Å². The van der Waals surface area contributed by atoms with Gasteiger partial charge in [0.15, 0.2) is 16.4 Å². The minimum absolute atomic E-state index is 0.135. The number of allylic oxidation sites excluding steroid dienone is 1. The highest BCUT2D eigenvalue weighted by Gasteiger charge is 2.37. The average Bonchev–Trinajstić information content (AvgIpc) is 3.03. The van der Waals surface area contributed by atoms with E-state index in [0.29, 0.717) is 5.56 Å². The molecule has 25 heavy (non-hydrogen) atoms. The number of nitrogens with zero attached hydrogens (tertiary/aromatic N) is 2. The standard InChI is InChI=1S/C18H15F3N2OS/c1-10-4-5-13(8-11(10)2)15(24)7-6-14-16(18(19,20)21)22-17-23(14)9-12(3)25-17/h4-9H,1-3H3. The van der Waals surface area contributed by atoms with Crippen molar-refractivity contribution in [2.75, 3.05) is 0 Å². The number of thiazole rings is 1. The first-order valence-corrected chi connectivity index (χ1v) is 8.34. The quantitative estimate of drug-likeness (QED) is 0.471. The van der Waals surface area contributed by atoms with Crippen LogP contribution in [0.3, 0.4) is 0 Å². The molecule has 130 valence electrons. The van der Waals surface area contributed by atoms with Gasteiger partial charge < -0.3 is 0 Å². The maximum Gasteiger partial charge on any atom is 0.435 e. The summed E-state index contributed by atoms with van der Waals surface area (Å²) in [6.07, 6.45) is -0.645. The fraction of sp³-hybridized carbons (Fsp3) is 0.222. The molecule has 3 rings (SSSR count). The van der Waals surface area contributed by atoms with E-state index in [9.17, 15) is 18.0 Å². The largest absolute Gasteiger partial charge is 0.435 e. The summed E-state index contributed by atoms with van der Waals surface area (Å²) >= 11 is 1.17. The van der Waals surface area contributed by atoms with E-state index in [1.165, 1.54) is 21.8 Å². The molecule has 0 N–H and O–H groups in total. The van der Waals surface area contributed by atoms with E-state index >= 15 is 0 Å². The Kier molecular flexibility index (Phi) is 4.28. The summed E-state index contributed by atoms with van der Waals surface area (Å²) in [6, 6.07) is 5.21. The molecule has 0 amide bonds. The zero-order valence-corrected chi connectivity index (χ0v) is 14.6. The van der Waals surface area contributed by atoms with Crippen LogP contribution in [0.5, 0.6) is 0 Å². The lowest BCUT2D eigenvalue weighted by Gasteiger charge is -2.04. The molecule has 0 saturated carbocycles. The zero-order chi connectivity index (χ0) is 18.4. The van der Waals surface area contributed by atoms with Crippen molar-refractivity contribution >= 4 is 28.2 Å². The number of halogens is 3. The molecule has 2 heterocycles. The highest BCUT2D eigenvalue weighted by Crippen LogP contribution is 2.34. The molecule has 3 aromatic rings. The SMILES string of the molecule is Cc1cn2c(C=CC(=O)c3ccc(C)c(C)c3)c(C(F)(F)F)nc2s1. The minimum Gasteiger partial charge on any atom is -0.290 e. The molecule has 0 fully saturated rings. The molecule has 0 spiro atoms. The molecule has 0 atom stereocenters. The van der Waals surface area contributed by atoms with Crippen molar-refractivity contribution in [3.8, 4) is 0 Å². The van der Waals surface area contributed by atoms with Crippen molar-refractivity contribution in [3.05, 3.63) is 63.4 Å². The summed E-state index contributed by atoms with van der Waals surface area (Å²) in [5, 5.41) is 0. The highest BCUT2D eigenvalue weighted by atomic mass is 32.1. The normalized spacial score (nSPS) is 12.4. The maximum atomic E-state index is 13.2. The van der Waals surface area contributed by atoms with Crippen molar-refractivity contribution in [1.82, 2.24) is 9.38 Å². The maximum absolute atomic E-state index is 13.2. The van der Waals surface area contributed by atoms with Gasteiger partial charge in [-0.1, -0.05) is 12.1 Å². The summed E-state index contributed by atoms with van der Waals surface area (Å²) < 4.78 is 41.0. The van der Waals surface area contributed by atoms with Gasteiger partial charge in [0.25, 0.3) is 0 Å². The van der Waals surface area contributed by atoms with Gasteiger partial charge in [-0.25, -0.2) is 4.98 Å². The number of aromatic nitrogens is 2. The molecule has 1 aromatic carbocycles. The second kappa shape index (κ2) is 6.15. The molecular formula is C18H15F3N2OS. The number of rotatable bonds is 3. The Balaban J connectivity index is 2.02. The van der Waals surface area contributed by atoms with Gasteiger partial charge in [-0.3, -0.25) is 9.20 Å². The summed E-state index contributed by atoms with van der Waals surface area (Å²) in [5.74, 6) is -0.349. The predicted molar refractivity (Wildman–Crippen MR) is 92.1 cm³/mol. The molecule has 0 saturated heterocycles. The lowest BCUT2D eigenvalue weighted by molar-refractivity contribution is -0.140. The summed E-state index contributed by atoms with van der Waals surface area (Å²) in [6.45, 7) is 5.60. The van der Waals surface area contributed by atoms with E-state index in [2.05, 4.69) is 4.98 Å². The summed E-state index contributed by atoms with van der Waals surface area (Å²) in [4.78, 5) is 17.1. The number of carbonyl (C=O) groups is 1. The molecule has 2 aromatic heterocycles. The van der Waals surface area contributed by atoms with Crippen LogP contribution in [0.2, 0.25) is 0 Å². The Morgan fingerprint density at radius 3 is 2.56 bits per heavy atom. The molecule has 3 nitrogen and oxygen atoms in total. The number of hydrogen-bond acceptors (Lipinski definition) is 3. The number of aryl methyl sites for hydroxylation is 3. The molecular weight excluding hydrogens is 349 g/mol. The van der Waals surface area contributed by atoms with E-state index in [1.54, 1.807) is 25.3 Å². The predicted octanol–water partition coefficient (Wildman–Crippen LogP) is 5.24. The van der Waals surface area contributed by atoms with Gasteiger partial charge in [0.1, 0.15) is 0 Å². The molecule has 0 aliphatic rings. The Hall–Kier alpha value is -2.41. The Labute approximate surface area is 146 Å². The number of alkyl halides is 3. The Bertz CT molecular complexity index is 996. The minimum atomic E-state index is -4.58. The first-order valence-electron chi connectivity index (χ1n) is 7.52. The number of ketones is 1. The van der Waals surface area contributed by atoms with Crippen molar-refractivity contribution in [2.24, 2.45) is 0 Å². The van der Waals surface area contributed by atoms with Gasteiger partial charge in [0.2, 0.25) is 0 Å². The number of imidazole rings is 1. The molecule has 0 aliphatic carbocycles. The van der Waals surface area contributed by atoms with Gasteiger partial charge in [-0.05, 0) is 50.1 Å². The Morgan fingerprint density at radius 2 is 1.92 bits per heavy atom. The second-order valence-corrected chi connectivity index (χ2v) is 7.05. The average molecular weight is 364 g/mol. The van der Waals surface area contributed by atoms with Crippen LogP contribution in [0.4, 0.5) is 13.2 Å². The first kappa shape index (κ1) is 17.4. The monoisotopic (exact) mass is 364 g/mol. The van der Waals surface area contributed by atoms with Crippen LogP contribution >= 0.6 is 11.3 Å². The lowest BCUT2D eigenvalue weighted by atomic mass is 10.0. The third kappa shape index (κ3) is 3.37. The van der Waals surface area contributed by atoms with E-state index in [1.807, 2.05) is 19.9 Å². The van der Waals surface area contributed by atoms with Crippen LogP contribution in [-0.4, -0.2) is 15.2 Å². The van der Waals surface area contributed by atoms with Crippen molar-refractivity contribution < 1.29 is 18.0 Å². The van der Waals surface area contributed by atoms with E-state index < -0.39 is 11.9 Å². The fourth-order valence-electron chi connectivity index (χ4n) is 2.49. The highest BCUT2D eigenvalue weighted by molar-refractivity contribution is 7.17. The van der Waals surface area contributed by atoms with E-state index in [0.717, 1.165) is 22.1 Å². The van der Waals surface area contributed by atoms with Gasteiger partial charge in [-0.15, -0.1) is 11.3 Å². The smallest absolute Gasteiger partial charge is 0.290 e. The third-order valence-electron chi connectivity index (χ3n) is 3.93. The van der Waals surface area contributed by atoms with Crippen LogP contribution in [-0.2, 0) is 6.18 Å². The van der Waals surface area contributed by atoms with Gasteiger partial charge >= 0.3 is 6.18 Å². The van der Waals surface area contributed by atoms with Crippen LogP contribution in [0.1, 0.15) is 37.7 Å². The van der Waals surface area contributed by atoms with Crippen LogP contribution in [0.25, 0.3) is 11.0 Å². The van der Waals surface area contributed by atoms with Gasteiger partial charge in [0, 0.05) is 16.6 Å².